The zero-order valence-electron chi connectivity index (χ0n) is 16.1. The summed E-state index contributed by atoms with van der Waals surface area (Å²) in [5, 5.41) is 7.32. The molecule has 4 aromatic rings. The lowest BCUT2D eigenvalue weighted by Crippen LogP contribution is -2.23. The highest BCUT2D eigenvalue weighted by atomic mass is 16.5. The Balaban J connectivity index is 1.42. The van der Waals surface area contributed by atoms with E-state index in [2.05, 4.69) is 20.4 Å². The maximum atomic E-state index is 12.5. The predicted molar refractivity (Wildman–Crippen MR) is 107 cm³/mol. The fourth-order valence-electron chi connectivity index (χ4n) is 2.91. The van der Waals surface area contributed by atoms with E-state index in [0.29, 0.717) is 12.2 Å². The van der Waals surface area contributed by atoms with Crippen molar-refractivity contribution in [2.75, 3.05) is 7.11 Å². The quantitative estimate of drug-likeness (QED) is 0.549. The molecule has 0 fully saturated rings. The number of benzene rings is 1. The van der Waals surface area contributed by atoms with Crippen molar-refractivity contribution < 1.29 is 9.53 Å². The van der Waals surface area contributed by atoms with Gasteiger partial charge in [0, 0.05) is 30.8 Å². The third-order valence-electron chi connectivity index (χ3n) is 4.47. The molecule has 3 aromatic heterocycles. The number of methoxy groups -OCH3 is 1. The molecular weight excluding hydrogens is 368 g/mol. The van der Waals surface area contributed by atoms with Crippen molar-refractivity contribution in [3.63, 3.8) is 0 Å². The molecular formula is C21H20N6O2. The van der Waals surface area contributed by atoms with Gasteiger partial charge in [-0.15, -0.1) is 0 Å². The van der Waals surface area contributed by atoms with Crippen LogP contribution in [0.1, 0.15) is 21.7 Å². The Morgan fingerprint density at radius 1 is 1.17 bits per heavy atom. The molecule has 0 aliphatic heterocycles. The fourth-order valence-corrected chi connectivity index (χ4v) is 2.91. The van der Waals surface area contributed by atoms with Gasteiger partial charge in [0.15, 0.2) is 5.69 Å². The molecule has 0 saturated carbocycles. The fraction of sp³-hybridized carbons (Fsp3) is 0.143. The number of carbonyl (C=O) groups is 1. The van der Waals surface area contributed by atoms with E-state index in [9.17, 15) is 4.79 Å². The summed E-state index contributed by atoms with van der Waals surface area (Å²) in [6, 6.07) is 13.1. The van der Waals surface area contributed by atoms with Crippen molar-refractivity contribution in [2.45, 2.75) is 13.5 Å². The molecule has 1 amide bonds. The zero-order chi connectivity index (χ0) is 20.2. The molecule has 0 bridgehead atoms. The Morgan fingerprint density at radius 2 is 2.00 bits per heavy atom. The van der Waals surface area contributed by atoms with Crippen LogP contribution >= 0.6 is 0 Å². The highest BCUT2D eigenvalue weighted by molar-refractivity contribution is 5.92. The lowest BCUT2D eigenvalue weighted by molar-refractivity contribution is 0.0945. The molecule has 4 rings (SSSR count). The third-order valence-corrected chi connectivity index (χ3v) is 4.47. The smallest absolute Gasteiger partial charge is 0.272 e. The topological polar surface area (TPSA) is 86.9 Å². The third kappa shape index (κ3) is 4.01. The lowest BCUT2D eigenvalue weighted by Gasteiger charge is -2.06. The van der Waals surface area contributed by atoms with Crippen molar-refractivity contribution in [1.29, 1.82) is 0 Å². The maximum absolute atomic E-state index is 12.5. The van der Waals surface area contributed by atoms with Crippen LogP contribution in [-0.2, 0) is 6.54 Å². The lowest BCUT2D eigenvalue weighted by atomic mass is 10.2. The van der Waals surface area contributed by atoms with Gasteiger partial charge in [0.25, 0.3) is 5.91 Å². The van der Waals surface area contributed by atoms with Crippen molar-refractivity contribution >= 4 is 5.91 Å². The predicted octanol–water partition coefficient (Wildman–Crippen LogP) is 2.70. The summed E-state index contributed by atoms with van der Waals surface area (Å²) < 4.78 is 8.73. The Morgan fingerprint density at radius 3 is 2.66 bits per heavy atom. The highest BCUT2D eigenvalue weighted by Gasteiger charge is 2.13. The number of rotatable bonds is 6. The number of carbonyl (C=O) groups excluding carboxylic acids is 1. The van der Waals surface area contributed by atoms with E-state index >= 15 is 0 Å². The monoisotopic (exact) mass is 388 g/mol. The molecule has 0 radical (unpaired) electrons. The Labute approximate surface area is 167 Å². The van der Waals surface area contributed by atoms with Crippen LogP contribution in [0, 0.1) is 6.92 Å². The normalized spacial score (nSPS) is 10.7. The summed E-state index contributed by atoms with van der Waals surface area (Å²) in [6.45, 7) is 2.28. The van der Waals surface area contributed by atoms with E-state index in [4.69, 9.17) is 4.74 Å². The molecule has 0 aliphatic rings. The Hall–Kier alpha value is -3.94. The highest BCUT2D eigenvalue weighted by Crippen LogP contribution is 2.17. The molecule has 0 unspecified atom stereocenters. The van der Waals surface area contributed by atoms with E-state index < -0.39 is 0 Å². The Bertz CT molecular complexity index is 1100. The summed E-state index contributed by atoms with van der Waals surface area (Å²) in [7, 11) is 1.62. The van der Waals surface area contributed by atoms with Gasteiger partial charge in [-0.05, 0) is 48.9 Å². The first-order valence-electron chi connectivity index (χ1n) is 9.06. The van der Waals surface area contributed by atoms with E-state index in [1.165, 1.54) is 0 Å². The van der Waals surface area contributed by atoms with Gasteiger partial charge >= 0.3 is 0 Å². The number of hydrogen-bond acceptors (Lipinski definition) is 5. The second kappa shape index (κ2) is 7.97. The second-order valence-corrected chi connectivity index (χ2v) is 6.46. The first kappa shape index (κ1) is 18.4. The molecule has 8 heteroatoms. The van der Waals surface area contributed by atoms with Crippen LogP contribution in [0.2, 0.25) is 0 Å². The summed E-state index contributed by atoms with van der Waals surface area (Å²) in [5.74, 6) is 1.30. The maximum Gasteiger partial charge on any atom is 0.272 e. The molecule has 0 saturated heterocycles. The number of nitrogens with zero attached hydrogens (tertiary/aromatic N) is 5. The Kier molecular flexibility index (Phi) is 5.07. The van der Waals surface area contributed by atoms with Crippen molar-refractivity contribution in [1.82, 2.24) is 29.6 Å². The number of nitrogens with one attached hydrogen (secondary N) is 1. The van der Waals surface area contributed by atoms with E-state index in [0.717, 1.165) is 28.5 Å². The van der Waals surface area contributed by atoms with E-state index in [-0.39, 0.29) is 5.91 Å². The van der Waals surface area contributed by atoms with Crippen LogP contribution in [0.5, 0.6) is 5.75 Å². The molecule has 8 nitrogen and oxygen atoms in total. The molecule has 0 aliphatic carbocycles. The number of amides is 1. The largest absolute Gasteiger partial charge is 0.497 e. The molecule has 29 heavy (non-hydrogen) atoms. The SMILES string of the molecule is COc1ccc(-n2nc(C(=O)NCc3ccc(-n4ccnc4)nc3)cc2C)cc1. The van der Waals surface area contributed by atoms with Gasteiger partial charge < -0.3 is 10.1 Å². The first-order chi connectivity index (χ1) is 14.1. The zero-order valence-corrected chi connectivity index (χ0v) is 16.1. The molecule has 0 spiro atoms. The van der Waals surface area contributed by atoms with Gasteiger partial charge in [0.2, 0.25) is 0 Å². The minimum absolute atomic E-state index is 0.237. The number of imidazole rings is 1. The first-order valence-corrected chi connectivity index (χ1v) is 9.06. The number of ether oxygens (including phenoxy) is 1. The molecule has 1 aromatic carbocycles. The van der Waals surface area contributed by atoms with Crippen molar-refractivity contribution in [2.24, 2.45) is 0 Å². The van der Waals surface area contributed by atoms with Crippen molar-refractivity contribution in [3.8, 4) is 17.3 Å². The van der Waals surface area contributed by atoms with Crippen LogP contribution in [0.3, 0.4) is 0 Å². The van der Waals surface area contributed by atoms with Gasteiger partial charge in [-0.1, -0.05) is 6.07 Å². The molecule has 146 valence electrons. The van der Waals surface area contributed by atoms with Gasteiger partial charge in [0.05, 0.1) is 12.8 Å². The average molecular weight is 388 g/mol. The van der Waals surface area contributed by atoms with Gasteiger partial charge in [-0.25, -0.2) is 14.6 Å². The van der Waals surface area contributed by atoms with E-state index in [1.807, 2.05) is 54.1 Å². The number of aromatic nitrogens is 5. The molecule has 0 atom stereocenters. The van der Waals surface area contributed by atoms with Gasteiger partial charge in [-0.2, -0.15) is 5.10 Å². The van der Waals surface area contributed by atoms with Crippen molar-refractivity contribution in [3.05, 3.63) is 84.3 Å². The summed E-state index contributed by atoms with van der Waals surface area (Å²) in [6.07, 6.45) is 6.94. The summed E-state index contributed by atoms with van der Waals surface area (Å²) in [4.78, 5) is 20.9. The van der Waals surface area contributed by atoms with Crippen LogP contribution in [-0.4, -0.2) is 37.3 Å². The van der Waals surface area contributed by atoms with E-state index in [1.54, 1.807) is 36.6 Å². The van der Waals surface area contributed by atoms with Crippen LogP contribution in [0.4, 0.5) is 0 Å². The minimum Gasteiger partial charge on any atom is -0.497 e. The average Bonchev–Trinajstić information content (AvgIpc) is 3.43. The number of hydrogen-bond donors (Lipinski definition) is 1. The van der Waals surface area contributed by atoms with Crippen LogP contribution in [0.15, 0.2) is 67.4 Å². The van der Waals surface area contributed by atoms with Crippen LogP contribution in [0.25, 0.3) is 11.5 Å². The molecule has 3 heterocycles. The standard InChI is InChI=1S/C21H20N6O2/c1-15-11-19(25-27(15)17-4-6-18(29-2)7-5-17)21(28)24-13-16-3-8-20(23-12-16)26-10-9-22-14-26/h3-12,14H,13H2,1-2H3,(H,24,28). The molecule has 1 N–H and O–H groups in total. The summed E-state index contributed by atoms with van der Waals surface area (Å²) >= 11 is 0. The van der Waals surface area contributed by atoms with Gasteiger partial charge in [-0.3, -0.25) is 9.36 Å². The van der Waals surface area contributed by atoms with Gasteiger partial charge in [0.1, 0.15) is 17.9 Å². The summed E-state index contributed by atoms with van der Waals surface area (Å²) in [5.41, 5.74) is 2.99. The number of pyridine rings is 1. The second-order valence-electron chi connectivity index (χ2n) is 6.46. The number of aryl methyl sites for hydroxylation is 1. The van der Waals surface area contributed by atoms with Crippen LogP contribution < -0.4 is 10.1 Å². The minimum atomic E-state index is -0.237.